The van der Waals surface area contributed by atoms with Gasteiger partial charge >= 0.3 is 5.97 Å². The van der Waals surface area contributed by atoms with Gasteiger partial charge in [-0.05, 0) is 43.4 Å². The molecule has 0 aromatic carbocycles. The van der Waals surface area contributed by atoms with Crippen LogP contribution in [0.3, 0.4) is 0 Å². The fourth-order valence-electron chi connectivity index (χ4n) is 5.23. The zero-order valence-electron chi connectivity index (χ0n) is 15.3. The van der Waals surface area contributed by atoms with E-state index in [0.717, 1.165) is 25.8 Å². The lowest BCUT2D eigenvalue weighted by molar-refractivity contribution is -0.671. The number of carbonyl (C=O) groups excluding carboxylic acids is 1. The molecular formula is C19H32NO4+. The highest BCUT2D eigenvalue weighted by atomic mass is 16.7. The third-order valence-corrected chi connectivity index (χ3v) is 6.63. The average Bonchev–Trinajstić information content (AvgIpc) is 2.84. The van der Waals surface area contributed by atoms with Gasteiger partial charge in [0.05, 0.1) is 6.54 Å². The summed E-state index contributed by atoms with van der Waals surface area (Å²) in [6, 6.07) is 0. The highest BCUT2D eigenvalue weighted by Crippen LogP contribution is 2.56. The Hall–Kier alpha value is -0.910. The number of fused-ring (bicyclic) bond motifs is 2. The summed E-state index contributed by atoms with van der Waals surface area (Å²) in [6.07, 6.45) is 5.54. The Bertz CT molecular complexity index is 490. The minimum Gasteiger partial charge on any atom is -0.462 e. The molecule has 0 unspecified atom stereocenters. The predicted octanol–water partition coefficient (Wildman–Crippen LogP) is 1.48. The molecule has 1 aliphatic heterocycles. The molecule has 1 heterocycles. The van der Waals surface area contributed by atoms with Crippen LogP contribution in [0.2, 0.25) is 0 Å². The first-order chi connectivity index (χ1) is 11.5. The Morgan fingerprint density at radius 1 is 1.42 bits per heavy atom. The van der Waals surface area contributed by atoms with E-state index in [4.69, 9.17) is 14.2 Å². The van der Waals surface area contributed by atoms with E-state index in [1.54, 1.807) is 14.2 Å². The van der Waals surface area contributed by atoms with Crippen molar-refractivity contribution in [1.29, 1.82) is 0 Å². The van der Waals surface area contributed by atoms with Crippen LogP contribution in [-0.2, 0) is 19.0 Å². The molecule has 24 heavy (non-hydrogen) atoms. The maximum atomic E-state index is 12.4. The third kappa shape index (κ3) is 3.26. The summed E-state index contributed by atoms with van der Waals surface area (Å²) in [5, 5.41) is 2.12. The van der Waals surface area contributed by atoms with Gasteiger partial charge in [0, 0.05) is 20.1 Å². The predicted molar refractivity (Wildman–Crippen MR) is 90.1 cm³/mol. The number of ether oxygens (including phenoxy) is 3. The lowest BCUT2D eigenvalue weighted by Crippen LogP contribution is -2.88. The maximum absolute atomic E-state index is 12.4. The van der Waals surface area contributed by atoms with E-state index in [1.165, 1.54) is 18.4 Å². The second kappa shape index (κ2) is 7.14. The molecule has 5 nitrogen and oxygen atoms in total. The normalized spacial score (nSPS) is 38.8. The summed E-state index contributed by atoms with van der Waals surface area (Å²) in [6.45, 7) is 8.16. The van der Waals surface area contributed by atoms with Gasteiger partial charge in [0.1, 0.15) is 18.6 Å². The number of rotatable bonds is 6. The molecule has 136 valence electrons. The van der Waals surface area contributed by atoms with Crippen molar-refractivity contribution >= 4 is 5.97 Å². The lowest BCUT2D eigenvalue weighted by atomic mass is 9.55. The lowest BCUT2D eigenvalue weighted by Gasteiger charge is -2.49. The molecule has 0 radical (unpaired) electrons. The van der Waals surface area contributed by atoms with E-state index < -0.39 is 0 Å². The average molecular weight is 338 g/mol. The Morgan fingerprint density at radius 2 is 2.17 bits per heavy atom. The van der Waals surface area contributed by atoms with Crippen molar-refractivity contribution in [1.82, 2.24) is 0 Å². The van der Waals surface area contributed by atoms with Crippen molar-refractivity contribution in [3.63, 3.8) is 0 Å². The summed E-state index contributed by atoms with van der Waals surface area (Å²) in [4.78, 5) is 12.4. The van der Waals surface area contributed by atoms with E-state index in [9.17, 15) is 4.79 Å². The van der Waals surface area contributed by atoms with Gasteiger partial charge in [0.15, 0.2) is 0 Å². The Morgan fingerprint density at radius 3 is 2.88 bits per heavy atom. The smallest absolute Gasteiger partial charge is 0.315 e. The second-order valence-corrected chi connectivity index (χ2v) is 8.06. The van der Waals surface area contributed by atoms with Crippen LogP contribution in [0.4, 0.5) is 0 Å². The fraction of sp³-hybridized carbons (Fsp3) is 0.842. The second-order valence-electron chi connectivity index (χ2n) is 8.06. The molecule has 5 heteroatoms. The highest BCUT2D eigenvalue weighted by molar-refractivity contribution is 5.75. The third-order valence-electron chi connectivity index (χ3n) is 6.63. The van der Waals surface area contributed by atoms with Gasteiger partial charge < -0.3 is 19.5 Å². The number of nitrogens with two attached hydrogens (primary N) is 1. The van der Waals surface area contributed by atoms with Crippen LogP contribution in [-0.4, -0.2) is 45.7 Å². The van der Waals surface area contributed by atoms with Crippen LogP contribution in [0, 0.1) is 23.2 Å². The first-order valence-corrected chi connectivity index (χ1v) is 9.24. The summed E-state index contributed by atoms with van der Waals surface area (Å²) in [5.41, 5.74) is 1.66. The number of methoxy groups -OCH3 is 2. The highest BCUT2D eigenvalue weighted by Gasteiger charge is 2.55. The quantitative estimate of drug-likeness (QED) is 0.453. The van der Waals surface area contributed by atoms with Gasteiger partial charge in [-0.2, -0.15) is 0 Å². The van der Waals surface area contributed by atoms with E-state index in [2.05, 4.69) is 18.8 Å². The van der Waals surface area contributed by atoms with Gasteiger partial charge in [0.25, 0.3) is 0 Å². The minimum atomic E-state index is -0.231. The van der Waals surface area contributed by atoms with Crippen LogP contribution in [0.1, 0.15) is 39.0 Å². The largest absolute Gasteiger partial charge is 0.462 e. The Kier molecular flexibility index (Phi) is 5.33. The van der Waals surface area contributed by atoms with Gasteiger partial charge in [-0.3, -0.25) is 4.79 Å². The summed E-state index contributed by atoms with van der Waals surface area (Å²) < 4.78 is 16.2. The molecular weight excluding hydrogens is 306 g/mol. The number of allylic oxidation sites excluding steroid dienone is 1. The van der Waals surface area contributed by atoms with Gasteiger partial charge in [-0.25, -0.2) is 0 Å². The topological polar surface area (TPSA) is 61.4 Å². The van der Waals surface area contributed by atoms with Crippen molar-refractivity contribution in [2.24, 2.45) is 23.2 Å². The Balaban J connectivity index is 1.64. The molecule has 2 saturated carbocycles. The van der Waals surface area contributed by atoms with Crippen molar-refractivity contribution in [3.05, 3.63) is 12.2 Å². The summed E-state index contributed by atoms with van der Waals surface area (Å²) >= 11 is 0. The zero-order valence-corrected chi connectivity index (χ0v) is 15.3. The summed E-state index contributed by atoms with van der Waals surface area (Å²) in [7, 11) is 3.27. The molecule has 2 N–H and O–H groups in total. The monoisotopic (exact) mass is 338 g/mol. The molecule has 3 rings (SSSR count). The molecule has 0 aromatic rings. The minimum absolute atomic E-state index is 0.0105. The van der Waals surface area contributed by atoms with Crippen molar-refractivity contribution in [3.8, 4) is 0 Å². The number of quaternary nitrogens is 1. The first-order valence-electron chi connectivity index (χ1n) is 9.24. The SMILES string of the molecule is C=C1CCC[C@]2(C)C[C@H]3OC(=O)[C@@H](C[NH2+]CC(OC)OC)[C@H]3C[C@@H]12. The van der Waals surface area contributed by atoms with Crippen molar-refractivity contribution in [2.75, 3.05) is 27.3 Å². The molecule has 0 spiro atoms. The van der Waals surface area contributed by atoms with Gasteiger partial charge in [-0.1, -0.05) is 19.1 Å². The van der Waals surface area contributed by atoms with E-state index >= 15 is 0 Å². The van der Waals surface area contributed by atoms with Gasteiger partial charge in [-0.15, -0.1) is 0 Å². The molecule has 3 aliphatic rings. The number of hydrogen-bond donors (Lipinski definition) is 1. The summed E-state index contributed by atoms with van der Waals surface area (Å²) in [5.74, 6) is 0.865. The van der Waals surface area contributed by atoms with Crippen LogP contribution >= 0.6 is 0 Å². The number of esters is 1. The molecule has 0 aromatic heterocycles. The number of hydrogen-bond acceptors (Lipinski definition) is 4. The van der Waals surface area contributed by atoms with Gasteiger partial charge in [0.2, 0.25) is 6.29 Å². The molecule has 3 fully saturated rings. The van der Waals surface area contributed by atoms with E-state index in [0.29, 0.717) is 18.4 Å². The molecule has 2 aliphatic carbocycles. The molecule has 0 bridgehead atoms. The first kappa shape index (κ1) is 17.9. The van der Waals surface area contributed by atoms with Crippen LogP contribution in [0.5, 0.6) is 0 Å². The van der Waals surface area contributed by atoms with Crippen molar-refractivity contribution in [2.45, 2.75) is 51.4 Å². The van der Waals surface area contributed by atoms with Crippen LogP contribution in [0.25, 0.3) is 0 Å². The molecule has 1 saturated heterocycles. The number of carbonyl (C=O) groups is 1. The molecule has 5 atom stereocenters. The standard InChI is InChI=1S/C19H31NO4/c1-12-6-5-7-19(2)9-16-13(8-15(12)19)14(18(21)24-16)10-20-11-17(22-3)23-4/h13-17,20H,1,5-11H2,2-4H3/p+1/t13-,14+,15+,16-,19-/m1/s1. The van der Waals surface area contributed by atoms with Crippen molar-refractivity contribution < 1.29 is 24.3 Å². The zero-order chi connectivity index (χ0) is 17.3. The van der Waals surface area contributed by atoms with E-state index in [1.807, 2.05) is 0 Å². The maximum Gasteiger partial charge on any atom is 0.315 e. The fourth-order valence-corrected chi connectivity index (χ4v) is 5.23. The van der Waals surface area contributed by atoms with Crippen LogP contribution < -0.4 is 5.32 Å². The molecule has 0 amide bonds. The van der Waals surface area contributed by atoms with Crippen LogP contribution in [0.15, 0.2) is 12.2 Å². The van der Waals surface area contributed by atoms with E-state index in [-0.39, 0.29) is 29.7 Å². The Labute approximate surface area is 145 Å².